The average Bonchev–Trinajstić information content (AvgIpc) is 2.05. The van der Waals surface area contributed by atoms with Crippen molar-refractivity contribution in [2.75, 3.05) is 14.1 Å². The summed E-state index contributed by atoms with van der Waals surface area (Å²) in [5, 5.41) is 0. The van der Waals surface area contributed by atoms with E-state index in [0.29, 0.717) is 0 Å². The predicted octanol–water partition coefficient (Wildman–Crippen LogP) is 2.68. The van der Waals surface area contributed by atoms with Gasteiger partial charge in [-0.05, 0) is 12.1 Å². The summed E-state index contributed by atoms with van der Waals surface area (Å²) in [5.41, 5.74) is 1.21. The lowest BCUT2D eigenvalue weighted by atomic mass is 10.2. The van der Waals surface area contributed by atoms with Crippen molar-refractivity contribution in [2.45, 2.75) is 0 Å². The van der Waals surface area contributed by atoms with Gasteiger partial charge in [-0.2, -0.15) is 0 Å². The standard InChI is InChI=1S/C9H11BrN.BrH/c1-11(2)9(10)8-6-4-3-5-7-8;/h3-7H,1-2H3;1H/q+1;. The summed E-state index contributed by atoms with van der Waals surface area (Å²) in [4.78, 5) is 0. The molecule has 0 aromatic heterocycles. The highest BCUT2D eigenvalue weighted by Crippen LogP contribution is 2.04. The fraction of sp³-hybridized carbons (Fsp3) is 0.222. The highest BCUT2D eigenvalue weighted by atomic mass is 79.9. The fourth-order valence-corrected chi connectivity index (χ4v) is 1.10. The first kappa shape index (κ1) is 11.8. The molecule has 0 aliphatic carbocycles. The summed E-state index contributed by atoms with van der Waals surface area (Å²) in [6.07, 6.45) is 0. The molecule has 1 aromatic carbocycles. The Hall–Kier alpha value is -0.150. The van der Waals surface area contributed by atoms with Crippen LogP contribution >= 0.6 is 32.9 Å². The van der Waals surface area contributed by atoms with E-state index < -0.39 is 0 Å². The van der Waals surface area contributed by atoms with E-state index in [1.165, 1.54) is 5.56 Å². The summed E-state index contributed by atoms with van der Waals surface area (Å²) in [6, 6.07) is 10.2. The largest absolute Gasteiger partial charge is 0.249 e. The third-order valence-corrected chi connectivity index (χ3v) is 2.57. The SMILES string of the molecule is Br.C[N+](C)=C(Br)c1ccccc1. The minimum Gasteiger partial charge on any atom is -0.229 e. The van der Waals surface area contributed by atoms with Gasteiger partial charge < -0.3 is 0 Å². The third kappa shape index (κ3) is 3.07. The molecule has 0 fully saturated rings. The Morgan fingerprint density at radius 1 is 1.17 bits per heavy atom. The van der Waals surface area contributed by atoms with E-state index in [1.54, 1.807) is 0 Å². The lowest BCUT2D eigenvalue weighted by Crippen LogP contribution is -2.07. The van der Waals surface area contributed by atoms with E-state index in [0.717, 1.165) is 4.62 Å². The van der Waals surface area contributed by atoms with Crippen molar-refractivity contribution in [3.05, 3.63) is 35.9 Å². The van der Waals surface area contributed by atoms with E-state index >= 15 is 0 Å². The predicted molar refractivity (Wildman–Crippen MR) is 61.9 cm³/mol. The molecule has 3 heteroatoms. The maximum atomic E-state index is 3.49. The van der Waals surface area contributed by atoms with Crippen molar-refractivity contribution in [3.8, 4) is 0 Å². The van der Waals surface area contributed by atoms with Crippen LogP contribution in [0.1, 0.15) is 5.56 Å². The van der Waals surface area contributed by atoms with Gasteiger partial charge >= 0.3 is 0 Å². The highest BCUT2D eigenvalue weighted by molar-refractivity contribution is 9.18. The minimum absolute atomic E-state index is 0. The molecule has 12 heavy (non-hydrogen) atoms. The first-order valence-electron chi connectivity index (χ1n) is 3.47. The van der Waals surface area contributed by atoms with Gasteiger partial charge in [0, 0.05) is 15.9 Å². The molecule has 1 aromatic rings. The number of benzene rings is 1. The highest BCUT2D eigenvalue weighted by Gasteiger charge is 2.04. The second kappa shape index (κ2) is 5.49. The zero-order valence-corrected chi connectivity index (χ0v) is 10.4. The maximum absolute atomic E-state index is 3.49. The van der Waals surface area contributed by atoms with Gasteiger partial charge in [0.2, 0.25) is 4.62 Å². The normalized spacial score (nSPS) is 8.58. The van der Waals surface area contributed by atoms with Gasteiger partial charge in [0.1, 0.15) is 14.1 Å². The molecule has 0 bridgehead atoms. The summed E-state index contributed by atoms with van der Waals surface area (Å²) in [5.74, 6) is 0. The molecule has 0 heterocycles. The van der Waals surface area contributed by atoms with Gasteiger partial charge in [0.25, 0.3) is 0 Å². The van der Waals surface area contributed by atoms with E-state index in [-0.39, 0.29) is 17.0 Å². The quantitative estimate of drug-likeness (QED) is 0.553. The molecule has 0 aliphatic rings. The second-order valence-electron chi connectivity index (χ2n) is 2.55. The topological polar surface area (TPSA) is 3.01 Å². The Labute approximate surface area is 92.0 Å². The molecular formula is C9H12Br2N+. The molecule has 0 atom stereocenters. The van der Waals surface area contributed by atoms with Crippen LogP contribution < -0.4 is 0 Å². The summed E-state index contributed by atoms with van der Waals surface area (Å²) >= 11 is 3.49. The molecule has 0 aliphatic heterocycles. The lowest BCUT2D eigenvalue weighted by molar-refractivity contribution is -0.460. The van der Waals surface area contributed by atoms with Crippen LogP contribution in [0.2, 0.25) is 0 Å². The zero-order valence-electron chi connectivity index (χ0n) is 7.12. The number of hydrogen-bond acceptors (Lipinski definition) is 0. The number of rotatable bonds is 1. The molecule has 0 saturated heterocycles. The summed E-state index contributed by atoms with van der Waals surface area (Å²) in [7, 11) is 4.02. The lowest BCUT2D eigenvalue weighted by Gasteiger charge is -1.94. The summed E-state index contributed by atoms with van der Waals surface area (Å²) < 4.78 is 3.15. The molecule has 0 N–H and O–H groups in total. The van der Waals surface area contributed by atoms with Crippen molar-refractivity contribution in [1.82, 2.24) is 0 Å². The van der Waals surface area contributed by atoms with Gasteiger partial charge in [-0.15, -0.1) is 17.0 Å². The fourth-order valence-electron chi connectivity index (χ4n) is 0.834. The van der Waals surface area contributed by atoms with Crippen molar-refractivity contribution in [2.24, 2.45) is 0 Å². The van der Waals surface area contributed by atoms with E-state index in [9.17, 15) is 0 Å². The molecule has 0 spiro atoms. The van der Waals surface area contributed by atoms with Gasteiger partial charge in [-0.3, -0.25) is 0 Å². The Morgan fingerprint density at radius 2 is 1.67 bits per heavy atom. The monoisotopic (exact) mass is 292 g/mol. The van der Waals surface area contributed by atoms with Crippen molar-refractivity contribution >= 4 is 37.5 Å². The van der Waals surface area contributed by atoms with Crippen molar-refractivity contribution in [1.29, 1.82) is 0 Å². The number of halogens is 2. The van der Waals surface area contributed by atoms with Crippen LogP contribution in [0.4, 0.5) is 0 Å². The Bertz CT molecular complexity index is 263. The maximum Gasteiger partial charge on any atom is 0.249 e. The number of nitrogens with zero attached hydrogens (tertiary/aromatic N) is 1. The summed E-state index contributed by atoms with van der Waals surface area (Å²) in [6.45, 7) is 0. The van der Waals surface area contributed by atoms with Crippen LogP contribution in [0.3, 0.4) is 0 Å². The molecule has 0 unspecified atom stereocenters. The van der Waals surface area contributed by atoms with Gasteiger partial charge in [0.05, 0.1) is 5.56 Å². The molecule has 1 rings (SSSR count). The smallest absolute Gasteiger partial charge is 0.229 e. The average molecular weight is 294 g/mol. The van der Waals surface area contributed by atoms with Crippen molar-refractivity contribution in [3.63, 3.8) is 0 Å². The molecule has 1 nitrogen and oxygen atoms in total. The van der Waals surface area contributed by atoms with Crippen LogP contribution in [0.5, 0.6) is 0 Å². The Balaban J connectivity index is 0.00000121. The van der Waals surface area contributed by atoms with Gasteiger partial charge in [-0.25, -0.2) is 4.58 Å². The Kier molecular flexibility index (Phi) is 5.42. The molecule has 66 valence electrons. The van der Waals surface area contributed by atoms with Crippen LogP contribution in [0, 0.1) is 0 Å². The van der Waals surface area contributed by atoms with Crippen LogP contribution in [0.15, 0.2) is 30.3 Å². The molecule has 0 radical (unpaired) electrons. The Morgan fingerprint density at radius 3 is 2.08 bits per heavy atom. The minimum atomic E-state index is 0. The van der Waals surface area contributed by atoms with Crippen molar-refractivity contribution < 1.29 is 4.58 Å². The van der Waals surface area contributed by atoms with Gasteiger partial charge in [0.15, 0.2) is 0 Å². The van der Waals surface area contributed by atoms with Crippen LogP contribution in [-0.2, 0) is 0 Å². The van der Waals surface area contributed by atoms with E-state index in [4.69, 9.17) is 0 Å². The van der Waals surface area contributed by atoms with E-state index in [1.807, 2.05) is 36.9 Å². The first-order chi connectivity index (χ1) is 5.22. The molecule has 0 amide bonds. The zero-order chi connectivity index (χ0) is 8.27. The van der Waals surface area contributed by atoms with Crippen LogP contribution in [0.25, 0.3) is 0 Å². The molecular weight excluding hydrogens is 282 g/mol. The van der Waals surface area contributed by atoms with Gasteiger partial charge in [-0.1, -0.05) is 18.2 Å². The molecule has 0 saturated carbocycles. The second-order valence-corrected chi connectivity index (χ2v) is 3.30. The number of hydrogen-bond donors (Lipinski definition) is 0. The first-order valence-corrected chi connectivity index (χ1v) is 4.26. The third-order valence-electron chi connectivity index (χ3n) is 1.40. The van der Waals surface area contributed by atoms with E-state index in [2.05, 4.69) is 28.1 Å². The van der Waals surface area contributed by atoms with Crippen LogP contribution in [-0.4, -0.2) is 23.3 Å².